The lowest BCUT2D eigenvalue weighted by atomic mass is 10.0. The van der Waals surface area contributed by atoms with Gasteiger partial charge in [-0.25, -0.2) is 0 Å². The van der Waals surface area contributed by atoms with Crippen molar-refractivity contribution in [2.75, 3.05) is 13.7 Å². The lowest BCUT2D eigenvalue weighted by molar-refractivity contribution is -0.143. The Kier molecular flexibility index (Phi) is 29.7. The van der Waals surface area contributed by atoms with Crippen molar-refractivity contribution < 1.29 is 31.8 Å². The zero-order chi connectivity index (χ0) is 23.7. The van der Waals surface area contributed by atoms with Crippen LogP contribution >= 0.6 is 0 Å². The van der Waals surface area contributed by atoms with E-state index in [1.165, 1.54) is 84.0 Å². The van der Waals surface area contributed by atoms with Crippen molar-refractivity contribution in [3.63, 3.8) is 0 Å². The monoisotopic (exact) mass is 457 g/mol. The number of unbranched alkanes of at least 4 members (excludes halogenated alkanes) is 12. The second kappa shape index (κ2) is 26.3. The van der Waals surface area contributed by atoms with Crippen LogP contribution in [0.15, 0.2) is 0 Å². The smallest absolute Gasteiger partial charge is 0.397 e. The van der Waals surface area contributed by atoms with E-state index in [2.05, 4.69) is 16.8 Å². The zero-order valence-corrected chi connectivity index (χ0v) is 20.4. The van der Waals surface area contributed by atoms with Crippen molar-refractivity contribution >= 4 is 16.4 Å². The SMILES string of the molecule is CC(N)O.CCCCCCCCCCCCCCCC(=O)OCC.COS(=O)(=O)O. The number of hydrogen-bond donors (Lipinski definition) is 3. The molecule has 0 heterocycles. The Morgan fingerprint density at radius 1 is 0.867 bits per heavy atom. The second-order valence-corrected chi connectivity index (χ2v) is 8.32. The fourth-order valence-corrected chi connectivity index (χ4v) is 2.52. The number of esters is 1. The van der Waals surface area contributed by atoms with Crippen LogP contribution in [0.2, 0.25) is 0 Å². The first kappa shape index (κ1) is 33.9. The van der Waals surface area contributed by atoms with Gasteiger partial charge < -0.3 is 15.6 Å². The molecule has 0 aromatic rings. The number of aliphatic hydroxyl groups excluding tert-OH is 1. The molecule has 0 aliphatic heterocycles. The molecule has 0 aromatic heterocycles. The molecule has 0 aliphatic rings. The van der Waals surface area contributed by atoms with Crippen LogP contribution in [0.1, 0.15) is 111 Å². The van der Waals surface area contributed by atoms with E-state index in [1.54, 1.807) is 0 Å². The van der Waals surface area contributed by atoms with Crippen molar-refractivity contribution in [1.82, 2.24) is 0 Å². The van der Waals surface area contributed by atoms with E-state index in [4.69, 9.17) is 14.4 Å². The maximum atomic E-state index is 11.1. The molecule has 0 rings (SSSR count). The Morgan fingerprint density at radius 3 is 1.43 bits per heavy atom. The van der Waals surface area contributed by atoms with Gasteiger partial charge in [-0.1, -0.05) is 84.0 Å². The molecule has 0 saturated heterocycles. The summed E-state index contributed by atoms with van der Waals surface area (Å²) in [5, 5.41) is 7.83. The van der Waals surface area contributed by atoms with Gasteiger partial charge in [0.05, 0.1) is 19.9 Å². The summed E-state index contributed by atoms with van der Waals surface area (Å²) in [6.07, 6.45) is 17.4. The summed E-state index contributed by atoms with van der Waals surface area (Å²) in [6.45, 7) is 6.14. The van der Waals surface area contributed by atoms with Crippen LogP contribution in [0.4, 0.5) is 0 Å². The number of aliphatic hydroxyl groups is 1. The van der Waals surface area contributed by atoms with Crippen LogP contribution in [-0.2, 0) is 24.1 Å². The third-order valence-electron chi connectivity index (χ3n) is 4.00. The Morgan fingerprint density at radius 2 is 1.17 bits per heavy atom. The minimum Gasteiger partial charge on any atom is -0.466 e. The van der Waals surface area contributed by atoms with Crippen LogP contribution in [0, 0.1) is 0 Å². The summed E-state index contributed by atoms with van der Waals surface area (Å²) in [5.74, 6) is -0.0319. The molecule has 184 valence electrons. The summed E-state index contributed by atoms with van der Waals surface area (Å²) in [6, 6.07) is 0. The molecule has 0 saturated carbocycles. The number of hydrogen-bond acceptors (Lipinski definition) is 7. The molecule has 1 atom stereocenters. The van der Waals surface area contributed by atoms with Gasteiger partial charge >= 0.3 is 16.4 Å². The number of nitrogens with two attached hydrogens (primary N) is 1. The standard InChI is InChI=1S/C18H36O2.C2H7NO.CH4O4S/c1-3-5-6-7-8-9-10-11-12-13-14-15-16-17-18(19)20-4-2;1-2(3)4;1-5-6(2,3)4/h3-17H2,1-2H3;2,4H,3H2,1H3;1H3,(H,2,3,4). The van der Waals surface area contributed by atoms with Gasteiger partial charge in [-0.05, 0) is 20.3 Å². The Bertz CT molecular complexity index is 440. The molecule has 0 radical (unpaired) electrons. The summed E-state index contributed by atoms with van der Waals surface area (Å²) >= 11 is 0. The average Bonchev–Trinajstić information content (AvgIpc) is 2.65. The quantitative estimate of drug-likeness (QED) is 0.131. The molecule has 0 aliphatic carbocycles. The molecule has 9 heteroatoms. The highest BCUT2D eigenvalue weighted by Crippen LogP contribution is 2.13. The van der Waals surface area contributed by atoms with Crippen molar-refractivity contribution in [1.29, 1.82) is 0 Å². The number of rotatable bonds is 16. The predicted octanol–water partition coefficient (Wildman–Crippen LogP) is 4.75. The van der Waals surface area contributed by atoms with Gasteiger partial charge in [0, 0.05) is 6.42 Å². The molecule has 0 spiro atoms. The Balaban J connectivity index is -0.000000600. The fourth-order valence-electron chi connectivity index (χ4n) is 2.52. The van der Waals surface area contributed by atoms with Gasteiger partial charge in [-0.15, -0.1) is 0 Å². The van der Waals surface area contributed by atoms with Crippen molar-refractivity contribution in [3.8, 4) is 0 Å². The van der Waals surface area contributed by atoms with E-state index >= 15 is 0 Å². The van der Waals surface area contributed by atoms with E-state index in [1.807, 2.05) is 6.92 Å². The maximum absolute atomic E-state index is 11.1. The maximum Gasteiger partial charge on any atom is 0.397 e. The van der Waals surface area contributed by atoms with Crippen LogP contribution in [0.5, 0.6) is 0 Å². The van der Waals surface area contributed by atoms with Crippen LogP contribution in [0.25, 0.3) is 0 Å². The zero-order valence-electron chi connectivity index (χ0n) is 19.6. The first-order chi connectivity index (χ1) is 14.1. The van der Waals surface area contributed by atoms with E-state index in [0.29, 0.717) is 13.0 Å². The second-order valence-electron chi connectivity index (χ2n) is 7.13. The normalized spacial score (nSPS) is 11.6. The number of carbonyl (C=O) groups excluding carboxylic acids is 1. The summed E-state index contributed by atoms with van der Waals surface area (Å²) in [4.78, 5) is 11.1. The molecule has 30 heavy (non-hydrogen) atoms. The lowest BCUT2D eigenvalue weighted by Crippen LogP contribution is -2.11. The molecular weight excluding hydrogens is 410 g/mol. The predicted molar refractivity (Wildman–Crippen MR) is 121 cm³/mol. The molecule has 0 bridgehead atoms. The van der Waals surface area contributed by atoms with E-state index in [-0.39, 0.29) is 5.97 Å². The van der Waals surface area contributed by atoms with E-state index in [9.17, 15) is 13.2 Å². The van der Waals surface area contributed by atoms with E-state index in [0.717, 1.165) is 13.5 Å². The largest absolute Gasteiger partial charge is 0.466 e. The van der Waals surface area contributed by atoms with Gasteiger partial charge in [0.2, 0.25) is 0 Å². The fraction of sp³-hybridized carbons (Fsp3) is 0.952. The van der Waals surface area contributed by atoms with Crippen molar-refractivity contribution in [2.24, 2.45) is 5.73 Å². The van der Waals surface area contributed by atoms with Crippen molar-refractivity contribution in [2.45, 2.75) is 117 Å². The molecule has 0 amide bonds. The summed E-state index contributed by atoms with van der Waals surface area (Å²) in [7, 11) is -3.29. The third-order valence-corrected chi connectivity index (χ3v) is 4.42. The van der Waals surface area contributed by atoms with Crippen LogP contribution < -0.4 is 5.73 Å². The molecule has 0 aromatic carbocycles. The highest BCUT2D eigenvalue weighted by molar-refractivity contribution is 7.80. The molecule has 1 unspecified atom stereocenters. The Labute approximate surface area is 184 Å². The van der Waals surface area contributed by atoms with Gasteiger partial charge in [-0.3, -0.25) is 13.5 Å². The molecule has 8 nitrogen and oxygen atoms in total. The summed E-state index contributed by atoms with van der Waals surface area (Å²) < 4.78 is 34.6. The minimum atomic E-state index is -4.16. The van der Waals surface area contributed by atoms with Gasteiger partial charge in [0.15, 0.2) is 0 Å². The molecule has 0 fully saturated rings. The average molecular weight is 458 g/mol. The number of carbonyl (C=O) groups is 1. The first-order valence-electron chi connectivity index (χ1n) is 11.2. The van der Waals surface area contributed by atoms with Gasteiger partial charge in [0.25, 0.3) is 0 Å². The van der Waals surface area contributed by atoms with Gasteiger partial charge in [0.1, 0.15) is 0 Å². The minimum absolute atomic E-state index is 0.0319. The lowest BCUT2D eigenvalue weighted by Gasteiger charge is -2.03. The van der Waals surface area contributed by atoms with Crippen LogP contribution in [-0.4, -0.2) is 44.0 Å². The van der Waals surface area contributed by atoms with Crippen molar-refractivity contribution in [3.05, 3.63) is 0 Å². The third kappa shape index (κ3) is 45.8. The summed E-state index contributed by atoms with van der Waals surface area (Å²) in [5.41, 5.74) is 4.67. The highest BCUT2D eigenvalue weighted by atomic mass is 32.3. The van der Waals surface area contributed by atoms with Crippen LogP contribution in [0.3, 0.4) is 0 Å². The Hall–Kier alpha value is -0.740. The highest BCUT2D eigenvalue weighted by Gasteiger charge is 2.00. The van der Waals surface area contributed by atoms with Gasteiger partial charge in [-0.2, -0.15) is 8.42 Å². The number of ether oxygens (including phenoxy) is 1. The molecular formula is C21H47NO7S. The molecule has 4 N–H and O–H groups in total. The topological polar surface area (TPSA) is 136 Å². The van der Waals surface area contributed by atoms with E-state index < -0.39 is 16.6 Å². The first-order valence-corrected chi connectivity index (χ1v) is 12.6.